The van der Waals surface area contributed by atoms with E-state index in [9.17, 15) is 0 Å². The summed E-state index contributed by atoms with van der Waals surface area (Å²) in [5.41, 5.74) is 0.913. The number of H-pyrrole nitrogens is 1. The first kappa shape index (κ1) is 17.3. The van der Waals surface area contributed by atoms with Crippen molar-refractivity contribution in [3.63, 3.8) is 0 Å². The highest BCUT2D eigenvalue weighted by molar-refractivity contribution is 7.97. The lowest BCUT2D eigenvalue weighted by molar-refractivity contribution is 0.283. The average Bonchev–Trinajstić information content (AvgIpc) is 3.01. The van der Waals surface area contributed by atoms with E-state index in [1.165, 1.54) is 18.6 Å². The normalized spacial score (nSPS) is 21.7. The molecule has 0 aromatic carbocycles. The van der Waals surface area contributed by atoms with Gasteiger partial charge in [0.25, 0.3) is 0 Å². The Hall–Kier alpha value is -1.53. The van der Waals surface area contributed by atoms with Crippen molar-refractivity contribution < 1.29 is 0 Å². The van der Waals surface area contributed by atoms with E-state index < -0.39 is 0 Å². The van der Waals surface area contributed by atoms with Crippen molar-refractivity contribution in [3.05, 3.63) is 31.2 Å². The van der Waals surface area contributed by atoms with Crippen molar-refractivity contribution in [2.75, 3.05) is 24.7 Å². The summed E-state index contributed by atoms with van der Waals surface area (Å²) >= 11 is 1.96. The summed E-state index contributed by atoms with van der Waals surface area (Å²) in [6, 6.07) is 3.19. The van der Waals surface area contributed by atoms with E-state index in [-0.39, 0.29) is 0 Å². The Morgan fingerprint density at radius 3 is 2.96 bits per heavy atom. The van der Waals surface area contributed by atoms with Crippen molar-refractivity contribution in [1.82, 2.24) is 19.3 Å². The Kier molecular flexibility index (Phi) is 5.46. The summed E-state index contributed by atoms with van der Waals surface area (Å²) in [7, 11) is 4.34. The van der Waals surface area contributed by atoms with Gasteiger partial charge in [-0.3, -0.25) is 4.31 Å². The van der Waals surface area contributed by atoms with E-state index in [0.29, 0.717) is 12.1 Å². The van der Waals surface area contributed by atoms with Crippen molar-refractivity contribution in [3.8, 4) is 0 Å². The van der Waals surface area contributed by atoms with Crippen LogP contribution in [0.1, 0.15) is 26.2 Å². The Bertz CT molecular complexity index is 679. The first-order chi connectivity index (χ1) is 11.6. The molecule has 1 fully saturated rings. The van der Waals surface area contributed by atoms with Gasteiger partial charge < -0.3 is 9.88 Å². The van der Waals surface area contributed by atoms with Crippen molar-refractivity contribution in [1.29, 1.82) is 0 Å². The lowest BCUT2D eigenvalue weighted by atomic mass is 9.81. The molecular formula is C18H27N5S. The van der Waals surface area contributed by atoms with Gasteiger partial charge in [0, 0.05) is 31.1 Å². The fourth-order valence-electron chi connectivity index (χ4n) is 3.21. The minimum Gasteiger partial charge on any atom is -0.356 e. The Morgan fingerprint density at radius 2 is 2.21 bits per heavy atom. The molecule has 2 aromatic rings. The highest BCUT2D eigenvalue weighted by atomic mass is 32.2. The summed E-state index contributed by atoms with van der Waals surface area (Å²) in [6.45, 7) is 6.08. The fraction of sp³-hybridized carbons (Fsp3) is 0.556. The highest BCUT2D eigenvalue weighted by Crippen LogP contribution is 2.37. The van der Waals surface area contributed by atoms with Crippen LogP contribution in [0.2, 0.25) is 0 Å². The van der Waals surface area contributed by atoms with Crippen LogP contribution in [0.25, 0.3) is 11.0 Å². The van der Waals surface area contributed by atoms with Crippen LogP contribution >= 0.6 is 11.9 Å². The van der Waals surface area contributed by atoms with Gasteiger partial charge >= 0.3 is 0 Å². The largest absolute Gasteiger partial charge is 0.356 e. The molecule has 130 valence electrons. The molecule has 1 N–H and O–H groups in total. The second-order valence-corrected chi connectivity index (χ2v) is 7.92. The lowest BCUT2D eigenvalue weighted by Gasteiger charge is -2.42. The molecule has 0 spiro atoms. The quantitative estimate of drug-likeness (QED) is 0.584. The number of anilines is 1. The second kappa shape index (κ2) is 7.57. The van der Waals surface area contributed by atoms with Crippen LogP contribution < -0.4 is 4.90 Å². The molecule has 2 heterocycles. The molecule has 0 saturated heterocycles. The predicted octanol–water partition coefficient (Wildman–Crippen LogP) is 3.72. The molecule has 1 aliphatic rings. The number of aromatic nitrogens is 3. The van der Waals surface area contributed by atoms with Crippen molar-refractivity contribution in [2.24, 2.45) is 5.92 Å². The van der Waals surface area contributed by atoms with Crippen molar-refractivity contribution in [2.45, 2.75) is 38.3 Å². The molecule has 1 atom stereocenters. The van der Waals surface area contributed by atoms with Crippen LogP contribution in [0, 0.1) is 5.92 Å². The zero-order valence-electron chi connectivity index (χ0n) is 14.8. The molecule has 0 bridgehead atoms. The summed E-state index contributed by atoms with van der Waals surface area (Å²) in [4.78, 5) is 14.3. The van der Waals surface area contributed by atoms with Crippen LogP contribution in [0.5, 0.6) is 0 Å². The van der Waals surface area contributed by atoms with Crippen LogP contribution in [0.15, 0.2) is 31.2 Å². The number of hydrogen-bond acceptors (Lipinski definition) is 5. The zero-order chi connectivity index (χ0) is 17.1. The van der Waals surface area contributed by atoms with Gasteiger partial charge in [-0.1, -0.05) is 18.0 Å². The maximum absolute atomic E-state index is 4.50. The molecular weight excluding hydrogens is 318 g/mol. The van der Waals surface area contributed by atoms with Crippen LogP contribution in [-0.4, -0.2) is 51.2 Å². The maximum atomic E-state index is 4.50. The molecule has 5 nitrogen and oxygen atoms in total. The van der Waals surface area contributed by atoms with Gasteiger partial charge in [0.1, 0.15) is 17.8 Å². The van der Waals surface area contributed by atoms with E-state index in [4.69, 9.17) is 0 Å². The van der Waals surface area contributed by atoms with Crippen LogP contribution in [-0.2, 0) is 0 Å². The first-order valence-corrected chi connectivity index (χ1v) is 9.52. The molecule has 1 aliphatic carbocycles. The fourth-order valence-corrected chi connectivity index (χ4v) is 4.26. The van der Waals surface area contributed by atoms with Gasteiger partial charge in [0.2, 0.25) is 0 Å². The van der Waals surface area contributed by atoms with Gasteiger partial charge in [-0.05, 0) is 45.2 Å². The Balaban J connectivity index is 1.50. The Morgan fingerprint density at radius 1 is 1.42 bits per heavy atom. The summed E-state index contributed by atoms with van der Waals surface area (Å²) in [5.74, 6) is 3.03. The number of nitrogens with zero attached hydrogens (tertiary/aromatic N) is 4. The SMILES string of the molecule is C=CCC(C)N(C)SCC1CC(N(C)c2ncnc3[nH]ccc23)C1. The molecule has 0 radical (unpaired) electrons. The zero-order valence-corrected chi connectivity index (χ0v) is 15.6. The number of nitrogens with one attached hydrogen (secondary N) is 1. The van der Waals surface area contributed by atoms with Crippen molar-refractivity contribution >= 4 is 28.8 Å². The summed E-state index contributed by atoms with van der Waals surface area (Å²) in [5, 5.41) is 1.11. The molecule has 1 unspecified atom stereocenters. The third-order valence-corrected chi connectivity index (χ3v) is 6.46. The summed E-state index contributed by atoms with van der Waals surface area (Å²) in [6.07, 6.45) is 9.09. The summed E-state index contributed by atoms with van der Waals surface area (Å²) < 4.78 is 2.37. The van der Waals surface area contributed by atoms with E-state index in [2.05, 4.69) is 57.8 Å². The minimum atomic E-state index is 0.550. The van der Waals surface area contributed by atoms with Crippen LogP contribution in [0.4, 0.5) is 5.82 Å². The number of aromatic amines is 1. The minimum absolute atomic E-state index is 0.550. The third kappa shape index (κ3) is 3.59. The van der Waals surface area contributed by atoms with E-state index in [1.807, 2.05) is 24.2 Å². The van der Waals surface area contributed by atoms with Crippen LogP contribution in [0.3, 0.4) is 0 Å². The highest BCUT2D eigenvalue weighted by Gasteiger charge is 2.33. The van der Waals surface area contributed by atoms with E-state index >= 15 is 0 Å². The number of fused-ring (bicyclic) bond motifs is 1. The maximum Gasteiger partial charge on any atom is 0.142 e. The average molecular weight is 346 g/mol. The van der Waals surface area contributed by atoms with E-state index in [1.54, 1.807) is 6.33 Å². The van der Waals surface area contributed by atoms with E-state index in [0.717, 1.165) is 29.2 Å². The topological polar surface area (TPSA) is 48.1 Å². The van der Waals surface area contributed by atoms with Gasteiger partial charge in [-0.2, -0.15) is 0 Å². The smallest absolute Gasteiger partial charge is 0.142 e. The molecule has 0 aliphatic heterocycles. The molecule has 3 rings (SSSR count). The predicted molar refractivity (Wildman–Crippen MR) is 103 cm³/mol. The molecule has 6 heteroatoms. The molecule has 1 saturated carbocycles. The Labute approximate surface area is 148 Å². The van der Waals surface area contributed by atoms with Gasteiger partial charge in [-0.15, -0.1) is 6.58 Å². The molecule has 0 amide bonds. The van der Waals surface area contributed by atoms with Gasteiger partial charge in [0.15, 0.2) is 0 Å². The monoisotopic (exact) mass is 345 g/mol. The number of hydrogen-bond donors (Lipinski definition) is 1. The molecule has 2 aromatic heterocycles. The second-order valence-electron chi connectivity index (χ2n) is 6.75. The molecule has 24 heavy (non-hydrogen) atoms. The lowest BCUT2D eigenvalue weighted by Crippen LogP contribution is -2.44. The third-order valence-electron chi connectivity index (χ3n) is 5.07. The van der Waals surface area contributed by atoms with Gasteiger partial charge in [0.05, 0.1) is 5.39 Å². The van der Waals surface area contributed by atoms with Gasteiger partial charge in [-0.25, -0.2) is 9.97 Å². The standard InChI is InChI=1S/C18H27N5S/c1-5-6-13(2)23(4)24-11-14-9-15(10-14)22(3)18-16-7-8-19-17(16)20-12-21-18/h5,7-8,12-15H,1,6,9-11H2,2-4H3,(H,19,20,21). The number of rotatable bonds is 8. The first-order valence-electron chi connectivity index (χ1n) is 8.57.